The maximum absolute atomic E-state index is 3.80. The van der Waals surface area contributed by atoms with Crippen LogP contribution in [0.2, 0.25) is 0 Å². The maximum atomic E-state index is 3.80. The van der Waals surface area contributed by atoms with Crippen molar-refractivity contribution in [3.05, 3.63) is 0 Å². The molecule has 0 aromatic rings. The molecule has 1 aliphatic carbocycles. The smallest absolute Gasteiger partial charge is 0.0197 e. The first-order valence-corrected chi connectivity index (χ1v) is 7.10. The highest BCUT2D eigenvalue weighted by Gasteiger charge is 2.32. The van der Waals surface area contributed by atoms with E-state index in [1.807, 2.05) is 0 Å². The van der Waals surface area contributed by atoms with Gasteiger partial charge < -0.3 is 10.2 Å². The quantitative estimate of drug-likeness (QED) is 0.775. The van der Waals surface area contributed by atoms with Crippen LogP contribution in [-0.4, -0.2) is 37.1 Å². The monoisotopic (exact) mass is 224 g/mol. The SMILES string of the molecule is CC(C)C[C@@H]1CN(C)C2CCCCC2CN1. The first-order chi connectivity index (χ1) is 7.66. The third kappa shape index (κ3) is 2.98. The molecular formula is C14H28N2. The van der Waals surface area contributed by atoms with Crippen LogP contribution in [0.3, 0.4) is 0 Å². The predicted octanol–water partition coefficient (Wildman–Crippen LogP) is 2.49. The molecule has 2 nitrogen and oxygen atoms in total. The number of likely N-dealkylation sites (N-methyl/N-ethyl adjacent to an activating group) is 1. The lowest BCUT2D eigenvalue weighted by molar-refractivity contribution is 0.146. The zero-order valence-electron chi connectivity index (χ0n) is 11.2. The molecule has 2 aliphatic rings. The van der Waals surface area contributed by atoms with Crippen molar-refractivity contribution in [2.24, 2.45) is 11.8 Å². The molecule has 2 fully saturated rings. The lowest BCUT2D eigenvalue weighted by Crippen LogP contribution is -2.41. The highest BCUT2D eigenvalue weighted by atomic mass is 15.2. The van der Waals surface area contributed by atoms with Crippen LogP contribution in [0, 0.1) is 11.8 Å². The topological polar surface area (TPSA) is 15.3 Å². The number of nitrogens with one attached hydrogen (secondary N) is 1. The normalized spacial score (nSPS) is 37.1. The van der Waals surface area contributed by atoms with Crippen LogP contribution in [0.4, 0.5) is 0 Å². The second kappa shape index (κ2) is 5.50. The van der Waals surface area contributed by atoms with Gasteiger partial charge in [0.2, 0.25) is 0 Å². The lowest BCUT2D eigenvalue weighted by atomic mass is 9.84. The summed E-state index contributed by atoms with van der Waals surface area (Å²) in [5, 5.41) is 3.80. The van der Waals surface area contributed by atoms with E-state index in [1.165, 1.54) is 45.2 Å². The first-order valence-electron chi connectivity index (χ1n) is 7.10. The molecule has 0 bridgehead atoms. The fourth-order valence-electron chi connectivity index (χ4n) is 3.60. The molecule has 94 valence electrons. The van der Waals surface area contributed by atoms with Crippen molar-refractivity contribution in [3.63, 3.8) is 0 Å². The summed E-state index contributed by atoms with van der Waals surface area (Å²) < 4.78 is 0. The molecule has 0 radical (unpaired) electrons. The van der Waals surface area contributed by atoms with Crippen LogP contribution >= 0.6 is 0 Å². The third-order valence-electron chi connectivity index (χ3n) is 4.37. The van der Waals surface area contributed by atoms with Crippen molar-refractivity contribution >= 4 is 0 Å². The standard InChI is InChI=1S/C14H28N2/c1-11(2)8-13-10-16(3)14-7-5-4-6-12(14)9-15-13/h11-15H,4-10H2,1-3H3/t12?,13-,14?/m1/s1. The Balaban J connectivity index is 1.95. The molecule has 0 aromatic heterocycles. The van der Waals surface area contributed by atoms with Crippen LogP contribution in [0.15, 0.2) is 0 Å². The third-order valence-corrected chi connectivity index (χ3v) is 4.37. The molecule has 2 unspecified atom stereocenters. The zero-order chi connectivity index (χ0) is 11.5. The molecular weight excluding hydrogens is 196 g/mol. The van der Waals surface area contributed by atoms with Crippen molar-refractivity contribution in [2.75, 3.05) is 20.1 Å². The molecule has 0 amide bonds. The van der Waals surface area contributed by atoms with Crippen LogP contribution in [0.1, 0.15) is 46.0 Å². The fraction of sp³-hybridized carbons (Fsp3) is 1.00. The average Bonchev–Trinajstić information content (AvgIpc) is 2.39. The summed E-state index contributed by atoms with van der Waals surface area (Å²) in [7, 11) is 2.34. The predicted molar refractivity (Wildman–Crippen MR) is 69.6 cm³/mol. The molecule has 1 saturated carbocycles. The van der Waals surface area contributed by atoms with Crippen molar-refractivity contribution in [3.8, 4) is 0 Å². The van der Waals surface area contributed by atoms with E-state index in [4.69, 9.17) is 0 Å². The number of rotatable bonds is 2. The lowest BCUT2D eigenvalue weighted by Gasteiger charge is -2.35. The van der Waals surface area contributed by atoms with E-state index in [9.17, 15) is 0 Å². The zero-order valence-corrected chi connectivity index (χ0v) is 11.2. The minimum atomic E-state index is 0.718. The van der Waals surface area contributed by atoms with Gasteiger partial charge in [0, 0.05) is 18.6 Å². The Hall–Kier alpha value is -0.0800. The van der Waals surface area contributed by atoms with Crippen molar-refractivity contribution in [1.82, 2.24) is 10.2 Å². The van der Waals surface area contributed by atoms with E-state index in [2.05, 4.69) is 31.1 Å². The van der Waals surface area contributed by atoms with E-state index < -0.39 is 0 Å². The Labute approximate surface area is 101 Å². The van der Waals surface area contributed by atoms with Crippen LogP contribution in [0.5, 0.6) is 0 Å². The summed E-state index contributed by atoms with van der Waals surface area (Å²) in [6, 6.07) is 1.58. The summed E-state index contributed by atoms with van der Waals surface area (Å²) in [6.07, 6.45) is 7.09. The molecule has 2 rings (SSSR count). The van der Waals surface area contributed by atoms with Gasteiger partial charge in [0.25, 0.3) is 0 Å². The van der Waals surface area contributed by atoms with E-state index in [-0.39, 0.29) is 0 Å². The molecule has 1 saturated heterocycles. The van der Waals surface area contributed by atoms with Gasteiger partial charge in [0.05, 0.1) is 0 Å². The van der Waals surface area contributed by atoms with Gasteiger partial charge in [0.1, 0.15) is 0 Å². The molecule has 16 heavy (non-hydrogen) atoms. The Morgan fingerprint density at radius 2 is 2.00 bits per heavy atom. The van der Waals surface area contributed by atoms with Crippen molar-refractivity contribution < 1.29 is 0 Å². The van der Waals surface area contributed by atoms with Crippen molar-refractivity contribution in [2.45, 2.75) is 58.0 Å². The Bertz CT molecular complexity index is 215. The molecule has 2 heteroatoms. The molecule has 1 N–H and O–H groups in total. The molecule has 0 spiro atoms. The number of fused-ring (bicyclic) bond motifs is 1. The Morgan fingerprint density at radius 3 is 2.75 bits per heavy atom. The van der Waals surface area contributed by atoms with Crippen LogP contribution < -0.4 is 5.32 Å². The van der Waals surface area contributed by atoms with E-state index in [1.54, 1.807) is 0 Å². The first kappa shape index (κ1) is 12.4. The van der Waals surface area contributed by atoms with Gasteiger partial charge in [-0.05, 0) is 44.7 Å². The molecule has 3 atom stereocenters. The van der Waals surface area contributed by atoms with E-state index in [0.29, 0.717) is 0 Å². The highest BCUT2D eigenvalue weighted by Crippen LogP contribution is 2.29. The molecule has 1 heterocycles. The summed E-state index contributed by atoms with van der Waals surface area (Å²) >= 11 is 0. The molecule has 1 aliphatic heterocycles. The molecule has 0 aromatic carbocycles. The summed E-state index contributed by atoms with van der Waals surface area (Å²) in [5.41, 5.74) is 0. The van der Waals surface area contributed by atoms with E-state index >= 15 is 0 Å². The highest BCUT2D eigenvalue weighted by molar-refractivity contribution is 4.89. The maximum Gasteiger partial charge on any atom is 0.0197 e. The summed E-state index contributed by atoms with van der Waals surface area (Å²) in [5.74, 6) is 1.72. The van der Waals surface area contributed by atoms with E-state index in [0.717, 1.165) is 23.9 Å². The van der Waals surface area contributed by atoms with Gasteiger partial charge in [0.15, 0.2) is 0 Å². The largest absolute Gasteiger partial charge is 0.312 e. The Kier molecular flexibility index (Phi) is 4.26. The number of hydrogen-bond acceptors (Lipinski definition) is 2. The van der Waals surface area contributed by atoms with Gasteiger partial charge in [-0.25, -0.2) is 0 Å². The second-order valence-electron chi connectivity index (χ2n) is 6.29. The fourth-order valence-corrected chi connectivity index (χ4v) is 3.60. The van der Waals surface area contributed by atoms with Crippen LogP contribution in [0.25, 0.3) is 0 Å². The number of hydrogen-bond donors (Lipinski definition) is 1. The van der Waals surface area contributed by atoms with Gasteiger partial charge in [-0.15, -0.1) is 0 Å². The van der Waals surface area contributed by atoms with Gasteiger partial charge in [-0.2, -0.15) is 0 Å². The van der Waals surface area contributed by atoms with Gasteiger partial charge in [-0.3, -0.25) is 0 Å². The van der Waals surface area contributed by atoms with Crippen LogP contribution in [-0.2, 0) is 0 Å². The average molecular weight is 224 g/mol. The van der Waals surface area contributed by atoms with Gasteiger partial charge in [-0.1, -0.05) is 26.7 Å². The second-order valence-corrected chi connectivity index (χ2v) is 6.29. The minimum absolute atomic E-state index is 0.718. The van der Waals surface area contributed by atoms with Crippen molar-refractivity contribution in [1.29, 1.82) is 0 Å². The summed E-state index contributed by atoms with van der Waals surface area (Å²) in [6.45, 7) is 7.17. The number of nitrogens with zero attached hydrogens (tertiary/aromatic N) is 1. The Morgan fingerprint density at radius 1 is 1.25 bits per heavy atom. The minimum Gasteiger partial charge on any atom is -0.312 e. The summed E-state index contributed by atoms with van der Waals surface area (Å²) in [4.78, 5) is 2.64. The van der Waals surface area contributed by atoms with Gasteiger partial charge >= 0.3 is 0 Å².